The van der Waals surface area contributed by atoms with Crippen LogP contribution >= 0.6 is 0 Å². The van der Waals surface area contributed by atoms with Gasteiger partial charge in [-0.3, -0.25) is 9.69 Å². The lowest BCUT2D eigenvalue weighted by atomic mass is 10.0. The summed E-state index contributed by atoms with van der Waals surface area (Å²) in [5.41, 5.74) is 3.28. The molecule has 0 unspecified atom stereocenters. The number of benzene rings is 4. The summed E-state index contributed by atoms with van der Waals surface area (Å²) in [6.45, 7) is 0.979. The smallest absolute Gasteiger partial charge is 0.255 e. The Kier molecular flexibility index (Phi) is 10.7. The van der Waals surface area contributed by atoms with Gasteiger partial charge in [-0.05, 0) is 60.0 Å². The van der Waals surface area contributed by atoms with E-state index in [0.717, 1.165) is 11.1 Å². The largest absolute Gasteiger partial charge is 0.497 e. The molecule has 0 aliphatic carbocycles. The van der Waals surface area contributed by atoms with Crippen LogP contribution in [0.15, 0.2) is 109 Å². The van der Waals surface area contributed by atoms with Gasteiger partial charge in [0.25, 0.3) is 5.91 Å². The molecular formula is C33H36N2O5. The quantitative estimate of drug-likeness (QED) is 0.213. The molecular weight excluding hydrogens is 504 g/mol. The maximum absolute atomic E-state index is 12.7. The SMILES string of the molecule is COc1cccc(C(=O)Nc2ccc(C[C@@H](CO)N(Cc3ccccc3)C[C@H](O)COc3ccccc3)cc2)c1. The average molecular weight is 541 g/mol. The molecule has 4 aromatic rings. The van der Waals surface area contributed by atoms with Gasteiger partial charge in [-0.1, -0.05) is 66.7 Å². The van der Waals surface area contributed by atoms with Gasteiger partial charge in [0.1, 0.15) is 24.2 Å². The summed E-state index contributed by atoms with van der Waals surface area (Å²) in [5, 5.41) is 24.1. The van der Waals surface area contributed by atoms with Crippen molar-refractivity contribution in [2.45, 2.75) is 25.1 Å². The predicted molar refractivity (Wildman–Crippen MR) is 157 cm³/mol. The van der Waals surface area contributed by atoms with Gasteiger partial charge >= 0.3 is 0 Å². The van der Waals surface area contributed by atoms with E-state index in [0.29, 0.717) is 42.3 Å². The van der Waals surface area contributed by atoms with Gasteiger partial charge in [0.05, 0.1) is 13.7 Å². The number of carbonyl (C=O) groups excluding carboxylic acids is 1. The standard InChI is InChI=1S/C33H36N2O5/c1-39-32-14-8-11-27(20-32)33(38)34-28-17-15-25(16-18-28)19-29(23-36)35(21-26-9-4-2-5-10-26)22-30(37)24-40-31-12-6-3-7-13-31/h2-18,20,29-30,36-37H,19,21-24H2,1H3,(H,34,38)/t29-,30-/m0/s1. The second-order valence-electron chi connectivity index (χ2n) is 9.62. The number of carbonyl (C=O) groups is 1. The van der Waals surface area contributed by atoms with Crippen LogP contribution < -0.4 is 14.8 Å². The fourth-order valence-electron chi connectivity index (χ4n) is 4.47. The van der Waals surface area contributed by atoms with Gasteiger partial charge in [-0.2, -0.15) is 0 Å². The van der Waals surface area contributed by atoms with E-state index < -0.39 is 6.10 Å². The Hall–Kier alpha value is -4.17. The Morgan fingerprint density at radius 2 is 1.52 bits per heavy atom. The maximum Gasteiger partial charge on any atom is 0.255 e. The lowest BCUT2D eigenvalue weighted by Gasteiger charge is -2.32. The molecule has 0 spiro atoms. The fraction of sp³-hybridized carbons (Fsp3) is 0.242. The van der Waals surface area contributed by atoms with Crippen molar-refractivity contribution in [3.8, 4) is 11.5 Å². The molecule has 208 valence electrons. The number of nitrogens with zero attached hydrogens (tertiary/aromatic N) is 1. The summed E-state index contributed by atoms with van der Waals surface area (Å²) < 4.78 is 11.0. The topological polar surface area (TPSA) is 91.3 Å². The van der Waals surface area contributed by atoms with Crippen LogP contribution in [0.2, 0.25) is 0 Å². The minimum atomic E-state index is -0.743. The number of amides is 1. The van der Waals surface area contributed by atoms with Crippen LogP contribution in [-0.2, 0) is 13.0 Å². The van der Waals surface area contributed by atoms with Gasteiger partial charge in [-0.15, -0.1) is 0 Å². The minimum Gasteiger partial charge on any atom is -0.497 e. The first kappa shape index (κ1) is 28.8. The minimum absolute atomic E-state index is 0.0760. The summed E-state index contributed by atoms with van der Waals surface area (Å²) >= 11 is 0. The number of aliphatic hydroxyl groups excluding tert-OH is 2. The molecule has 0 heterocycles. The van der Waals surface area contributed by atoms with Crippen LogP contribution in [0.25, 0.3) is 0 Å². The highest BCUT2D eigenvalue weighted by molar-refractivity contribution is 6.04. The molecule has 0 aromatic heterocycles. The molecule has 0 fully saturated rings. The number of methoxy groups -OCH3 is 1. The van der Waals surface area contributed by atoms with Gasteiger partial charge in [-0.25, -0.2) is 0 Å². The number of hydrogen-bond donors (Lipinski definition) is 3. The Morgan fingerprint density at radius 1 is 0.850 bits per heavy atom. The zero-order chi connectivity index (χ0) is 28.2. The molecule has 0 aliphatic heterocycles. The van der Waals surface area contributed by atoms with Crippen molar-refractivity contribution < 1.29 is 24.5 Å². The van der Waals surface area contributed by atoms with E-state index in [-0.39, 0.29) is 25.2 Å². The molecule has 0 bridgehead atoms. The molecule has 1 amide bonds. The summed E-state index contributed by atoms with van der Waals surface area (Å²) in [6.07, 6.45) is -0.174. The predicted octanol–water partition coefficient (Wildman–Crippen LogP) is 4.79. The number of rotatable bonds is 14. The molecule has 2 atom stereocenters. The molecule has 4 rings (SSSR count). The Balaban J connectivity index is 1.40. The Labute approximate surface area is 235 Å². The van der Waals surface area contributed by atoms with Crippen molar-refractivity contribution in [2.24, 2.45) is 0 Å². The average Bonchev–Trinajstić information content (AvgIpc) is 3.00. The van der Waals surface area contributed by atoms with E-state index in [1.807, 2.05) is 84.9 Å². The van der Waals surface area contributed by atoms with E-state index in [1.165, 1.54) is 0 Å². The van der Waals surface area contributed by atoms with Crippen LogP contribution in [-0.4, -0.2) is 60.0 Å². The van der Waals surface area contributed by atoms with Crippen molar-refractivity contribution in [1.82, 2.24) is 4.90 Å². The lowest BCUT2D eigenvalue weighted by Crippen LogP contribution is -2.44. The highest BCUT2D eigenvalue weighted by atomic mass is 16.5. The van der Waals surface area contributed by atoms with E-state index in [2.05, 4.69) is 10.2 Å². The van der Waals surface area contributed by atoms with Crippen molar-refractivity contribution >= 4 is 11.6 Å². The normalized spacial score (nSPS) is 12.5. The molecule has 0 aliphatic rings. The van der Waals surface area contributed by atoms with Crippen LogP contribution in [0.4, 0.5) is 5.69 Å². The zero-order valence-electron chi connectivity index (χ0n) is 22.6. The molecule has 3 N–H and O–H groups in total. The molecule has 0 saturated carbocycles. The van der Waals surface area contributed by atoms with E-state index in [1.54, 1.807) is 31.4 Å². The highest BCUT2D eigenvalue weighted by Gasteiger charge is 2.22. The molecule has 7 nitrogen and oxygen atoms in total. The molecule has 0 radical (unpaired) electrons. The number of nitrogens with one attached hydrogen (secondary N) is 1. The first-order valence-corrected chi connectivity index (χ1v) is 13.3. The summed E-state index contributed by atoms with van der Waals surface area (Å²) in [7, 11) is 1.57. The van der Waals surface area contributed by atoms with Crippen LogP contribution in [0.1, 0.15) is 21.5 Å². The molecule has 40 heavy (non-hydrogen) atoms. The Bertz CT molecular complexity index is 1320. The van der Waals surface area contributed by atoms with Gasteiger partial charge in [0.2, 0.25) is 0 Å². The van der Waals surface area contributed by atoms with Crippen molar-refractivity contribution in [1.29, 1.82) is 0 Å². The first-order valence-electron chi connectivity index (χ1n) is 13.3. The van der Waals surface area contributed by atoms with E-state index >= 15 is 0 Å². The monoisotopic (exact) mass is 540 g/mol. The summed E-state index contributed by atoms with van der Waals surface area (Å²) in [5.74, 6) is 1.10. The summed E-state index contributed by atoms with van der Waals surface area (Å²) in [4.78, 5) is 14.8. The number of aliphatic hydroxyl groups is 2. The second-order valence-corrected chi connectivity index (χ2v) is 9.62. The molecule has 7 heteroatoms. The van der Waals surface area contributed by atoms with Crippen LogP contribution in [0.5, 0.6) is 11.5 Å². The van der Waals surface area contributed by atoms with Gasteiger partial charge in [0, 0.05) is 30.4 Å². The third kappa shape index (κ3) is 8.68. The van der Waals surface area contributed by atoms with Gasteiger partial charge < -0.3 is 25.0 Å². The number of ether oxygens (including phenoxy) is 2. The number of anilines is 1. The van der Waals surface area contributed by atoms with Crippen molar-refractivity contribution in [3.63, 3.8) is 0 Å². The summed E-state index contributed by atoms with van der Waals surface area (Å²) in [6, 6.07) is 33.8. The fourth-order valence-corrected chi connectivity index (χ4v) is 4.47. The third-order valence-electron chi connectivity index (χ3n) is 6.60. The van der Waals surface area contributed by atoms with Crippen molar-refractivity contribution in [2.75, 3.05) is 32.2 Å². The zero-order valence-corrected chi connectivity index (χ0v) is 22.6. The number of para-hydroxylation sites is 1. The highest BCUT2D eigenvalue weighted by Crippen LogP contribution is 2.19. The van der Waals surface area contributed by atoms with Crippen molar-refractivity contribution in [3.05, 3.63) is 126 Å². The van der Waals surface area contributed by atoms with Crippen LogP contribution in [0, 0.1) is 0 Å². The van der Waals surface area contributed by atoms with Gasteiger partial charge in [0.15, 0.2) is 0 Å². The molecule has 4 aromatic carbocycles. The third-order valence-corrected chi connectivity index (χ3v) is 6.60. The number of hydrogen-bond acceptors (Lipinski definition) is 6. The van der Waals surface area contributed by atoms with E-state index in [4.69, 9.17) is 9.47 Å². The maximum atomic E-state index is 12.7. The van der Waals surface area contributed by atoms with E-state index in [9.17, 15) is 15.0 Å². The lowest BCUT2D eigenvalue weighted by molar-refractivity contribution is 0.0335. The second kappa shape index (κ2) is 14.8. The Morgan fingerprint density at radius 3 is 2.20 bits per heavy atom. The van der Waals surface area contributed by atoms with Crippen LogP contribution in [0.3, 0.4) is 0 Å². The first-order chi connectivity index (χ1) is 19.5. The molecule has 0 saturated heterocycles.